The molecule has 8 aromatic carbocycles. The molecular weight excluding hydrogens is 818 g/mol. The molecule has 0 radical (unpaired) electrons. The van der Waals surface area contributed by atoms with Crippen LogP contribution in [0.25, 0.3) is 39.0 Å². The topological polar surface area (TPSA) is 21.6 Å². The fourth-order valence-corrected chi connectivity index (χ4v) is 9.48. The lowest BCUT2D eigenvalue weighted by Crippen LogP contribution is -2.32. The summed E-state index contributed by atoms with van der Waals surface area (Å²) in [6.07, 6.45) is 2.88. The Kier molecular flexibility index (Phi) is 9.31. The molecule has 0 aromatic heterocycles. The Balaban J connectivity index is 1.03. The SMILES string of the molecule is C=C(I)/C(=C/C/C(=N\c1ccc2c(c1)Oc1ccccc1C21c2ccccc2-c2ccccc21)c1ccccc1)c1ccc(-c2ccccc2-c2ccccc2)cc1. The number of ether oxygens (including phenoxy) is 1. The average molecular weight is 856 g/mol. The lowest BCUT2D eigenvalue weighted by molar-refractivity contribution is 0.436. The maximum absolute atomic E-state index is 6.79. The van der Waals surface area contributed by atoms with Crippen LogP contribution in [0.15, 0.2) is 221 Å². The highest BCUT2D eigenvalue weighted by molar-refractivity contribution is 14.1. The van der Waals surface area contributed by atoms with Crippen LogP contribution in [0.5, 0.6) is 11.5 Å². The Bertz CT molecular complexity index is 2860. The monoisotopic (exact) mass is 855 g/mol. The lowest BCUT2D eigenvalue weighted by Gasteiger charge is -2.39. The van der Waals surface area contributed by atoms with Crippen LogP contribution >= 0.6 is 22.6 Å². The van der Waals surface area contributed by atoms with Gasteiger partial charge in [-0.2, -0.15) is 0 Å². The van der Waals surface area contributed by atoms with E-state index in [0.717, 1.165) is 54.3 Å². The number of hydrogen-bond donors (Lipinski definition) is 0. The van der Waals surface area contributed by atoms with Gasteiger partial charge in [-0.1, -0.05) is 195 Å². The maximum atomic E-state index is 6.79. The van der Waals surface area contributed by atoms with E-state index in [1.807, 2.05) is 6.07 Å². The predicted molar refractivity (Wildman–Crippen MR) is 250 cm³/mol. The van der Waals surface area contributed by atoms with Gasteiger partial charge in [0.1, 0.15) is 11.5 Å². The molecule has 0 atom stereocenters. The standard InChI is InChI=1S/C55H38INO/c1-37(56)43(39-28-30-40(31-29-39)45-21-9-8-20-44(45)38-16-4-2-5-17-38)33-35-52(41-18-6-3-7-19-41)57-42-32-34-51-54(36-42)58-53-27-15-14-26-50(53)55(51)48-24-12-10-22-46(48)47-23-11-13-25-49(47)55/h2-34,36H,1,35H2/b43-33-,57-52+. The van der Waals surface area contributed by atoms with Crippen molar-refractivity contribution in [3.8, 4) is 44.9 Å². The third-order valence-corrected chi connectivity index (χ3v) is 12.1. The van der Waals surface area contributed by atoms with E-state index in [1.165, 1.54) is 44.5 Å². The fourth-order valence-electron chi connectivity index (χ4n) is 8.95. The molecule has 3 heteroatoms. The summed E-state index contributed by atoms with van der Waals surface area (Å²) in [5.41, 5.74) is 16.8. The van der Waals surface area contributed by atoms with Gasteiger partial charge in [0, 0.05) is 27.2 Å². The van der Waals surface area contributed by atoms with Crippen LogP contribution < -0.4 is 4.74 Å². The summed E-state index contributed by atoms with van der Waals surface area (Å²) < 4.78 is 7.77. The Morgan fingerprint density at radius 2 is 1.02 bits per heavy atom. The molecule has 0 saturated heterocycles. The van der Waals surface area contributed by atoms with Crippen molar-refractivity contribution in [3.05, 3.63) is 250 Å². The zero-order valence-electron chi connectivity index (χ0n) is 31.8. The lowest BCUT2D eigenvalue weighted by atomic mass is 9.66. The number of para-hydroxylation sites is 1. The van der Waals surface area contributed by atoms with E-state index in [9.17, 15) is 0 Å². The number of nitrogens with zero attached hydrogens (tertiary/aromatic N) is 1. The third kappa shape index (κ3) is 6.14. The van der Waals surface area contributed by atoms with Crippen LogP contribution in [0.1, 0.15) is 39.8 Å². The van der Waals surface area contributed by atoms with Crippen molar-refractivity contribution in [2.45, 2.75) is 11.8 Å². The van der Waals surface area contributed by atoms with Gasteiger partial charge in [0.05, 0.1) is 16.8 Å². The first-order valence-electron chi connectivity index (χ1n) is 19.6. The number of benzene rings is 8. The van der Waals surface area contributed by atoms with Gasteiger partial charge in [0.2, 0.25) is 0 Å². The minimum atomic E-state index is -0.501. The van der Waals surface area contributed by atoms with E-state index in [-0.39, 0.29) is 0 Å². The van der Waals surface area contributed by atoms with Crippen molar-refractivity contribution < 1.29 is 4.74 Å². The minimum absolute atomic E-state index is 0.501. The molecule has 0 unspecified atom stereocenters. The quantitative estimate of drug-likeness (QED) is 0.0848. The molecular formula is C55H38INO. The Morgan fingerprint density at radius 1 is 0.500 bits per heavy atom. The van der Waals surface area contributed by atoms with Gasteiger partial charge < -0.3 is 4.74 Å². The van der Waals surface area contributed by atoms with Crippen LogP contribution in [0.2, 0.25) is 0 Å². The first-order chi connectivity index (χ1) is 28.6. The van der Waals surface area contributed by atoms with Gasteiger partial charge in [-0.3, -0.25) is 4.99 Å². The smallest absolute Gasteiger partial charge is 0.134 e. The second-order valence-corrected chi connectivity index (χ2v) is 16.1. The zero-order valence-corrected chi connectivity index (χ0v) is 33.9. The molecule has 0 bridgehead atoms. The van der Waals surface area contributed by atoms with Crippen molar-refractivity contribution in [1.82, 2.24) is 0 Å². The van der Waals surface area contributed by atoms with E-state index in [1.54, 1.807) is 0 Å². The molecule has 8 aromatic rings. The summed E-state index contributed by atoms with van der Waals surface area (Å²) in [7, 11) is 0. The number of rotatable bonds is 8. The Morgan fingerprint density at radius 3 is 1.66 bits per heavy atom. The van der Waals surface area contributed by atoms with Crippen molar-refractivity contribution in [2.75, 3.05) is 0 Å². The van der Waals surface area contributed by atoms with Gasteiger partial charge in [-0.15, -0.1) is 0 Å². The van der Waals surface area contributed by atoms with Crippen LogP contribution in [0.3, 0.4) is 0 Å². The van der Waals surface area contributed by atoms with Gasteiger partial charge in [-0.25, -0.2) is 0 Å². The first kappa shape index (κ1) is 35.8. The molecule has 0 fully saturated rings. The summed E-state index contributed by atoms with van der Waals surface area (Å²) in [4.78, 5) is 5.37. The predicted octanol–water partition coefficient (Wildman–Crippen LogP) is 15.0. The van der Waals surface area contributed by atoms with E-state index < -0.39 is 5.41 Å². The van der Waals surface area contributed by atoms with E-state index in [2.05, 4.69) is 229 Å². The maximum Gasteiger partial charge on any atom is 0.134 e. The largest absolute Gasteiger partial charge is 0.457 e. The summed E-state index contributed by atoms with van der Waals surface area (Å²) in [6, 6.07) is 71.1. The van der Waals surface area contributed by atoms with Crippen LogP contribution in [-0.4, -0.2) is 5.71 Å². The van der Waals surface area contributed by atoms with Crippen LogP contribution in [0, 0.1) is 0 Å². The molecule has 1 heterocycles. The zero-order chi connectivity index (χ0) is 39.1. The highest BCUT2D eigenvalue weighted by Crippen LogP contribution is 2.62. The molecule has 10 rings (SSSR count). The second-order valence-electron chi connectivity index (χ2n) is 14.8. The number of fused-ring (bicyclic) bond motifs is 9. The third-order valence-electron chi connectivity index (χ3n) is 11.5. The van der Waals surface area contributed by atoms with Crippen LogP contribution in [0.4, 0.5) is 5.69 Å². The van der Waals surface area contributed by atoms with Crippen molar-refractivity contribution in [1.29, 1.82) is 0 Å². The normalized spacial score (nSPS) is 13.5. The molecule has 2 aliphatic rings. The molecule has 0 saturated carbocycles. The molecule has 0 N–H and O–H groups in total. The van der Waals surface area contributed by atoms with Gasteiger partial charge in [0.25, 0.3) is 0 Å². The van der Waals surface area contributed by atoms with Gasteiger partial charge >= 0.3 is 0 Å². The summed E-state index contributed by atoms with van der Waals surface area (Å²) in [5, 5.41) is 0. The van der Waals surface area contributed by atoms with Crippen LogP contribution in [-0.2, 0) is 5.41 Å². The van der Waals surface area contributed by atoms with Crippen molar-refractivity contribution >= 4 is 39.6 Å². The molecule has 1 aliphatic carbocycles. The Hall–Kier alpha value is -6.56. The average Bonchev–Trinajstić information content (AvgIpc) is 3.57. The number of hydrogen-bond acceptors (Lipinski definition) is 2. The first-order valence-corrected chi connectivity index (χ1v) is 20.7. The summed E-state index contributed by atoms with van der Waals surface area (Å²) in [5.74, 6) is 1.69. The van der Waals surface area contributed by atoms with Gasteiger partial charge in [-0.05, 0) is 95.9 Å². The highest BCUT2D eigenvalue weighted by atomic mass is 127. The minimum Gasteiger partial charge on any atom is -0.457 e. The summed E-state index contributed by atoms with van der Waals surface area (Å²) in [6.45, 7) is 4.40. The Labute approximate surface area is 353 Å². The molecule has 2 nitrogen and oxygen atoms in total. The fraction of sp³-hybridized carbons (Fsp3) is 0.0364. The summed E-state index contributed by atoms with van der Waals surface area (Å²) >= 11 is 2.35. The van der Waals surface area contributed by atoms with E-state index >= 15 is 0 Å². The number of halogens is 1. The number of aliphatic imine (C=N–C) groups is 1. The van der Waals surface area contributed by atoms with E-state index in [0.29, 0.717) is 6.42 Å². The molecule has 1 spiro atoms. The molecule has 1 aliphatic heterocycles. The molecule has 276 valence electrons. The highest BCUT2D eigenvalue weighted by Gasteiger charge is 2.50. The number of allylic oxidation sites excluding steroid dienone is 3. The van der Waals surface area contributed by atoms with Gasteiger partial charge in [0.15, 0.2) is 0 Å². The van der Waals surface area contributed by atoms with Crippen molar-refractivity contribution in [3.63, 3.8) is 0 Å². The van der Waals surface area contributed by atoms with E-state index in [4.69, 9.17) is 9.73 Å². The van der Waals surface area contributed by atoms with Crippen molar-refractivity contribution in [2.24, 2.45) is 4.99 Å². The second kappa shape index (κ2) is 15.1. The molecule has 0 amide bonds. The molecule has 58 heavy (non-hydrogen) atoms.